The van der Waals surface area contributed by atoms with Crippen molar-refractivity contribution in [2.45, 2.75) is 18.8 Å². The van der Waals surface area contributed by atoms with Gasteiger partial charge in [0.2, 0.25) is 5.75 Å². The number of hydrogen-bond acceptors (Lipinski definition) is 8. The third-order valence-electron chi connectivity index (χ3n) is 5.99. The topological polar surface area (TPSA) is 107 Å². The predicted molar refractivity (Wildman–Crippen MR) is 106 cm³/mol. The maximum absolute atomic E-state index is 10.2. The Morgan fingerprint density at radius 2 is 1.20 bits per heavy atom. The molecule has 30 heavy (non-hydrogen) atoms. The third kappa shape index (κ3) is 3.30. The van der Waals surface area contributed by atoms with E-state index in [1.54, 1.807) is 24.3 Å². The molecule has 0 unspecified atom stereocenters. The number of aromatic hydroxyl groups is 2. The Hall–Kier alpha value is -2.68. The summed E-state index contributed by atoms with van der Waals surface area (Å²) in [6.45, 7) is 0.676. The Bertz CT molecular complexity index is 802. The molecule has 2 heterocycles. The van der Waals surface area contributed by atoms with E-state index in [4.69, 9.17) is 23.7 Å². The first-order valence-electron chi connectivity index (χ1n) is 9.71. The highest BCUT2D eigenvalue weighted by molar-refractivity contribution is 5.53. The molecule has 0 aliphatic carbocycles. The molecule has 0 saturated carbocycles. The number of aliphatic hydroxyl groups excluding tert-OH is 1. The molecule has 4 rings (SSSR count). The van der Waals surface area contributed by atoms with E-state index in [0.29, 0.717) is 36.0 Å². The fourth-order valence-electron chi connectivity index (χ4n) is 4.44. The van der Waals surface area contributed by atoms with Crippen LogP contribution in [-0.4, -0.2) is 49.9 Å². The van der Waals surface area contributed by atoms with E-state index in [9.17, 15) is 15.3 Å². The fraction of sp³-hybridized carbons (Fsp3) is 0.455. The van der Waals surface area contributed by atoms with Crippen LogP contribution in [0.2, 0.25) is 0 Å². The number of ether oxygens (including phenoxy) is 5. The van der Waals surface area contributed by atoms with Crippen LogP contribution in [0.3, 0.4) is 0 Å². The van der Waals surface area contributed by atoms with Crippen LogP contribution in [0.15, 0.2) is 24.3 Å². The van der Waals surface area contributed by atoms with Gasteiger partial charge in [0, 0.05) is 17.4 Å². The Kier molecular flexibility index (Phi) is 5.64. The van der Waals surface area contributed by atoms with Gasteiger partial charge in [-0.25, -0.2) is 0 Å². The van der Waals surface area contributed by atoms with Crippen LogP contribution in [0.1, 0.15) is 28.9 Å². The van der Waals surface area contributed by atoms with Gasteiger partial charge in [-0.1, -0.05) is 0 Å². The summed E-state index contributed by atoms with van der Waals surface area (Å²) in [5, 5.41) is 29.9. The second-order valence-electron chi connectivity index (χ2n) is 7.50. The SMILES string of the molecule is COc1cc([C@@H]2OC[C@@H]3[C@H]2CO[C@H]3c2cc(OC)c(O)c(OC)c2)cc(CO)c1O. The minimum absolute atomic E-state index is 0.0495. The summed E-state index contributed by atoms with van der Waals surface area (Å²) in [7, 11) is 4.45. The van der Waals surface area contributed by atoms with Gasteiger partial charge in [0.1, 0.15) is 0 Å². The summed E-state index contributed by atoms with van der Waals surface area (Å²) < 4.78 is 28.1. The lowest BCUT2D eigenvalue weighted by Gasteiger charge is -2.19. The highest BCUT2D eigenvalue weighted by atomic mass is 16.5. The number of benzene rings is 2. The molecule has 0 spiro atoms. The van der Waals surface area contributed by atoms with Gasteiger partial charge in [-0.05, 0) is 35.4 Å². The molecule has 2 aliphatic rings. The van der Waals surface area contributed by atoms with Crippen molar-refractivity contribution >= 4 is 0 Å². The standard InChI is InChI=1S/C22H26O8/c1-26-16-5-11(4-13(8-23)19(16)24)21-14-9-30-22(15(14)10-29-21)12-6-17(27-2)20(25)18(7-12)28-3/h4-7,14-15,21-25H,8-10H2,1-3H3/t14-,15-,21+,22+/m1/s1. The van der Waals surface area contributed by atoms with E-state index in [1.807, 2.05) is 0 Å². The molecule has 4 atom stereocenters. The zero-order valence-electron chi connectivity index (χ0n) is 17.1. The van der Waals surface area contributed by atoms with Crippen molar-refractivity contribution in [2.24, 2.45) is 11.8 Å². The number of phenols is 2. The zero-order valence-corrected chi connectivity index (χ0v) is 17.1. The van der Waals surface area contributed by atoms with Gasteiger partial charge in [-0.2, -0.15) is 0 Å². The molecule has 8 heteroatoms. The molecule has 162 valence electrons. The van der Waals surface area contributed by atoms with Crippen molar-refractivity contribution in [1.29, 1.82) is 0 Å². The molecule has 0 aromatic heterocycles. The average Bonchev–Trinajstić information content (AvgIpc) is 3.36. The number of rotatable bonds is 6. The molecular formula is C22H26O8. The maximum Gasteiger partial charge on any atom is 0.200 e. The number of methoxy groups -OCH3 is 3. The van der Waals surface area contributed by atoms with Crippen molar-refractivity contribution < 1.29 is 39.0 Å². The maximum atomic E-state index is 10.2. The van der Waals surface area contributed by atoms with Crippen molar-refractivity contribution in [1.82, 2.24) is 0 Å². The number of fused-ring (bicyclic) bond motifs is 1. The molecule has 2 aromatic carbocycles. The first-order valence-corrected chi connectivity index (χ1v) is 9.71. The van der Waals surface area contributed by atoms with E-state index < -0.39 is 0 Å². The first kappa shape index (κ1) is 20.6. The number of phenolic OH excluding ortho intramolecular Hbond substituents is 1. The highest BCUT2D eigenvalue weighted by Crippen LogP contribution is 2.52. The Morgan fingerprint density at radius 1 is 0.767 bits per heavy atom. The second kappa shape index (κ2) is 8.22. The molecule has 2 aliphatic heterocycles. The van der Waals surface area contributed by atoms with Gasteiger partial charge in [0.05, 0.1) is 53.4 Å². The van der Waals surface area contributed by atoms with Gasteiger partial charge >= 0.3 is 0 Å². The fourth-order valence-corrected chi connectivity index (χ4v) is 4.44. The van der Waals surface area contributed by atoms with Gasteiger partial charge in [-0.3, -0.25) is 0 Å². The Balaban J connectivity index is 1.63. The van der Waals surface area contributed by atoms with Crippen molar-refractivity contribution in [3.63, 3.8) is 0 Å². The molecular weight excluding hydrogens is 392 g/mol. The molecule has 2 saturated heterocycles. The molecule has 0 radical (unpaired) electrons. The first-order chi connectivity index (χ1) is 14.5. The van der Waals surface area contributed by atoms with Crippen LogP contribution in [0.5, 0.6) is 28.7 Å². The van der Waals surface area contributed by atoms with Crippen molar-refractivity contribution in [2.75, 3.05) is 34.5 Å². The van der Waals surface area contributed by atoms with E-state index in [-0.39, 0.29) is 42.1 Å². The molecule has 0 amide bonds. The van der Waals surface area contributed by atoms with E-state index >= 15 is 0 Å². The quantitative estimate of drug-likeness (QED) is 0.657. The molecule has 8 nitrogen and oxygen atoms in total. The summed E-state index contributed by atoms with van der Waals surface area (Å²) >= 11 is 0. The van der Waals surface area contributed by atoms with Crippen molar-refractivity contribution in [3.8, 4) is 28.7 Å². The minimum atomic E-state index is -0.303. The van der Waals surface area contributed by atoms with Crippen LogP contribution in [0, 0.1) is 11.8 Å². The summed E-state index contributed by atoms with van der Waals surface area (Å²) in [4.78, 5) is 0. The van der Waals surface area contributed by atoms with Crippen LogP contribution >= 0.6 is 0 Å². The largest absolute Gasteiger partial charge is 0.504 e. The lowest BCUT2D eigenvalue weighted by Crippen LogP contribution is -2.15. The van der Waals surface area contributed by atoms with Gasteiger partial charge in [0.25, 0.3) is 0 Å². The summed E-state index contributed by atoms with van der Waals surface area (Å²) in [6.07, 6.45) is -0.486. The predicted octanol–water partition coefficient (Wildman–Crippen LogP) is 2.69. The van der Waals surface area contributed by atoms with Crippen LogP contribution < -0.4 is 14.2 Å². The normalized spacial score (nSPS) is 25.2. The molecule has 3 N–H and O–H groups in total. The Morgan fingerprint density at radius 3 is 1.63 bits per heavy atom. The lowest BCUT2D eigenvalue weighted by atomic mass is 9.84. The van der Waals surface area contributed by atoms with Gasteiger partial charge < -0.3 is 39.0 Å². The Labute approximate surface area is 174 Å². The van der Waals surface area contributed by atoms with Crippen LogP contribution in [-0.2, 0) is 16.1 Å². The summed E-state index contributed by atoms with van der Waals surface area (Å²) in [5.41, 5.74) is 2.06. The number of hydrogen-bond donors (Lipinski definition) is 3. The summed E-state index contributed by atoms with van der Waals surface area (Å²) in [6, 6.07) is 6.99. The van der Waals surface area contributed by atoms with Crippen LogP contribution in [0.4, 0.5) is 0 Å². The smallest absolute Gasteiger partial charge is 0.200 e. The molecule has 2 fully saturated rings. The van der Waals surface area contributed by atoms with E-state index in [0.717, 1.165) is 11.1 Å². The monoisotopic (exact) mass is 418 g/mol. The van der Waals surface area contributed by atoms with Crippen molar-refractivity contribution in [3.05, 3.63) is 41.0 Å². The zero-order chi connectivity index (χ0) is 21.4. The lowest BCUT2D eigenvalue weighted by molar-refractivity contribution is 0.0190. The molecule has 0 bridgehead atoms. The van der Waals surface area contributed by atoms with Crippen LogP contribution in [0.25, 0.3) is 0 Å². The van der Waals surface area contributed by atoms with Gasteiger partial charge in [0.15, 0.2) is 23.0 Å². The van der Waals surface area contributed by atoms with Gasteiger partial charge in [-0.15, -0.1) is 0 Å². The minimum Gasteiger partial charge on any atom is -0.504 e. The van der Waals surface area contributed by atoms with E-state index in [2.05, 4.69) is 0 Å². The second-order valence-corrected chi connectivity index (χ2v) is 7.50. The highest BCUT2D eigenvalue weighted by Gasteiger charge is 2.48. The van der Waals surface area contributed by atoms with E-state index in [1.165, 1.54) is 21.3 Å². The molecule has 2 aromatic rings. The number of aliphatic hydroxyl groups is 1. The average molecular weight is 418 g/mol. The third-order valence-corrected chi connectivity index (χ3v) is 5.99. The summed E-state index contributed by atoms with van der Waals surface area (Å²) in [5.74, 6) is 0.999.